The molecule has 6 heteroatoms. The summed E-state index contributed by atoms with van der Waals surface area (Å²) in [6.45, 7) is 4.87. The molecule has 0 saturated carbocycles. The van der Waals surface area contributed by atoms with Crippen LogP contribution in [-0.4, -0.2) is 47.4 Å². The van der Waals surface area contributed by atoms with Crippen LogP contribution in [0.25, 0.3) is 0 Å². The van der Waals surface area contributed by atoms with E-state index in [1.165, 1.54) is 263 Å². The van der Waals surface area contributed by atoms with Crippen LogP contribution >= 0.6 is 0 Å². The average molecular weight is 959 g/mol. The first-order valence-electron chi connectivity index (χ1n) is 30.6. The third-order valence-corrected chi connectivity index (χ3v) is 14.2. The molecule has 0 heterocycles. The van der Waals surface area contributed by atoms with E-state index in [9.17, 15) is 19.8 Å². The monoisotopic (exact) mass is 958 g/mol. The van der Waals surface area contributed by atoms with Gasteiger partial charge in [0.25, 0.3) is 0 Å². The fraction of sp³-hybridized carbons (Fsp3) is 0.903. The Morgan fingerprint density at radius 2 is 0.706 bits per heavy atom. The maximum atomic E-state index is 12.4. The van der Waals surface area contributed by atoms with Gasteiger partial charge in [0.05, 0.1) is 25.4 Å². The Bertz CT molecular complexity index is 1060. The number of allylic oxidation sites excluding steroid dienone is 3. The van der Waals surface area contributed by atoms with Gasteiger partial charge in [0, 0.05) is 12.8 Å². The molecule has 0 spiro atoms. The molecule has 68 heavy (non-hydrogen) atoms. The van der Waals surface area contributed by atoms with Crippen LogP contribution in [0, 0.1) is 0 Å². The van der Waals surface area contributed by atoms with Gasteiger partial charge in [-0.1, -0.05) is 295 Å². The van der Waals surface area contributed by atoms with Crippen molar-refractivity contribution in [3.63, 3.8) is 0 Å². The summed E-state index contributed by atoms with van der Waals surface area (Å²) in [7, 11) is 0. The number of amides is 1. The first-order chi connectivity index (χ1) is 33.5. The maximum absolute atomic E-state index is 12.4. The van der Waals surface area contributed by atoms with Gasteiger partial charge in [0.15, 0.2) is 0 Å². The number of esters is 1. The van der Waals surface area contributed by atoms with E-state index in [-0.39, 0.29) is 18.5 Å². The van der Waals surface area contributed by atoms with Crippen molar-refractivity contribution in [2.24, 2.45) is 0 Å². The van der Waals surface area contributed by atoms with Crippen LogP contribution in [0.3, 0.4) is 0 Å². The van der Waals surface area contributed by atoms with Crippen molar-refractivity contribution in [1.82, 2.24) is 5.32 Å². The van der Waals surface area contributed by atoms with Gasteiger partial charge in [-0.15, -0.1) is 0 Å². The highest BCUT2D eigenvalue weighted by Crippen LogP contribution is 2.18. The zero-order valence-electron chi connectivity index (χ0n) is 45.9. The summed E-state index contributed by atoms with van der Waals surface area (Å²) in [6, 6.07) is -0.624. The van der Waals surface area contributed by atoms with Crippen molar-refractivity contribution >= 4 is 11.9 Å². The van der Waals surface area contributed by atoms with Gasteiger partial charge < -0.3 is 20.3 Å². The number of hydrogen-bond donors (Lipinski definition) is 3. The van der Waals surface area contributed by atoms with Gasteiger partial charge in [-0.05, 0) is 51.4 Å². The molecule has 0 saturated heterocycles. The third kappa shape index (κ3) is 53.7. The minimum Gasteiger partial charge on any atom is -0.466 e. The fourth-order valence-corrected chi connectivity index (χ4v) is 9.50. The van der Waals surface area contributed by atoms with Crippen LogP contribution in [0.1, 0.15) is 335 Å². The largest absolute Gasteiger partial charge is 0.466 e. The van der Waals surface area contributed by atoms with Gasteiger partial charge in [0.1, 0.15) is 0 Å². The zero-order valence-corrected chi connectivity index (χ0v) is 45.9. The molecule has 2 unspecified atom stereocenters. The highest BCUT2D eigenvalue weighted by molar-refractivity contribution is 5.76. The standard InChI is InChI=1S/C62H119NO5/c1-3-5-7-9-11-13-15-35-38-42-46-50-54-60(65)59(58-64)63-61(66)55-51-47-43-39-36-32-30-28-26-24-22-20-18-16-17-19-21-23-25-27-29-31-33-37-41-45-49-53-57-68-62(67)56-52-48-44-40-34-14-12-10-8-6-4-2/h10,12,50,54,59-60,64-65H,3-9,11,13-49,51-53,55-58H2,1-2H3,(H,63,66)/b12-10-,54-50+. The lowest BCUT2D eigenvalue weighted by atomic mass is 10.0. The summed E-state index contributed by atoms with van der Waals surface area (Å²) in [5.41, 5.74) is 0. The molecule has 1 amide bonds. The Labute approximate surface area is 424 Å². The van der Waals surface area contributed by atoms with Crippen LogP contribution in [0.4, 0.5) is 0 Å². The highest BCUT2D eigenvalue weighted by atomic mass is 16.5. The van der Waals surface area contributed by atoms with Gasteiger partial charge >= 0.3 is 5.97 Å². The smallest absolute Gasteiger partial charge is 0.305 e. The number of ether oxygens (including phenoxy) is 1. The van der Waals surface area contributed by atoms with Gasteiger partial charge in [-0.25, -0.2) is 0 Å². The van der Waals surface area contributed by atoms with Gasteiger partial charge in [0.2, 0.25) is 5.91 Å². The molecule has 0 aliphatic rings. The van der Waals surface area contributed by atoms with E-state index in [2.05, 4.69) is 31.3 Å². The van der Waals surface area contributed by atoms with Crippen molar-refractivity contribution in [1.29, 1.82) is 0 Å². The molecule has 0 aromatic heterocycles. The van der Waals surface area contributed by atoms with E-state index in [1.54, 1.807) is 6.08 Å². The molecule has 0 aromatic rings. The minimum atomic E-state index is -0.840. The first kappa shape index (κ1) is 66.3. The lowest BCUT2D eigenvalue weighted by Crippen LogP contribution is -2.45. The number of aliphatic hydroxyl groups excluding tert-OH is 2. The SMILES string of the molecule is CCCC/C=C\CCCCCCCC(=O)OCCCCCCCCCCCCCCCCCCCCCCCCCCCCCCC(=O)NC(CO)C(O)/C=C/CCCCCCCCCCCC. The fourth-order valence-electron chi connectivity index (χ4n) is 9.50. The number of unbranched alkanes of at least 4 members (excludes halogenated alkanes) is 44. The molecule has 0 bridgehead atoms. The average Bonchev–Trinajstić information content (AvgIpc) is 3.34. The normalized spacial score (nSPS) is 12.7. The maximum Gasteiger partial charge on any atom is 0.305 e. The summed E-state index contributed by atoms with van der Waals surface area (Å²) in [4.78, 5) is 24.4. The summed E-state index contributed by atoms with van der Waals surface area (Å²) < 4.78 is 5.46. The molecule has 0 radical (unpaired) electrons. The van der Waals surface area contributed by atoms with Crippen LogP contribution in [0.2, 0.25) is 0 Å². The molecule has 0 aliphatic heterocycles. The lowest BCUT2D eigenvalue weighted by Gasteiger charge is -2.20. The summed E-state index contributed by atoms with van der Waals surface area (Å²) in [6.07, 6.45) is 70.9. The second-order valence-corrected chi connectivity index (χ2v) is 21.0. The number of hydrogen-bond acceptors (Lipinski definition) is 5. The molecule has 0 aromatic carbocycles. The molecular weight excluding hydrogens is 839 g/mol. The number of rotatable bonds is 57. The number of carbonyl (C=O) groups excluding carboxylic acids is 2. The van der Waals surface area contributed by atoms with E-state index in [0.29, 0.717) is 19.4 Å². The first-order valence-corrected chi connectivity index (χ1v) is 30.6. The summed E-state index contributed by atoms with van der Waals surface area (Å²) in [5.74, 6) is -0.0572. The Morgan fingerprint density at radius 3 is 1.09 bits per heavy atom. The Kier molecular flexibility index (Phi) is 56.5. The second kappa shape index (κ2) is 57.9. The van der Waals surface area contributed by atoms with Gasteiger partial charge in [-0.2, -0.15) is 0 Å². The zero-order chi connectivity index (χ0) is 49.3. The molecule has 6 nitrogen and oxygen atoms in total. The number of aliphatic hydroxyl groups is 2. The number of nitrogens with one attached hydrogen (secondary N) is 1. The Morgan fingerprint density at radius 1 is 0.397 bits per heavy atom. The summed E-state index contributed by atoms with van der Waals surface area (Å²) >= 11 is 0. The quantitative estimate of drug-likeness (QED) is 0.0321. The third-order valence-electron chi connectivity index (χ3n) is 14.2. The van der Waals surface area contributed by atoms with Crippen molar-refractivity contribution in [3.05, 3.63) is 24.3 Å². The second-order valence-electron chi connectivity index (χ2n) is 21.0. The van der Waals surface area contributed by atoms with Crippen molar-refractivity contribution in [3.8, 4) is 0 Å². The van der Waals surface area contributed by atoms with E-state index >= 15 is 0 Å². The van der Waals surface area contributed by atoms with Crippen molar-refractivity contribution in [2.45, 2.75) is 347 Å². The van der Waals surface area contributed by atoms with Gasteiger partial charge in [-0.3, -0.25) is 9.59 Å². The van der Waals surface area contributed by atoms with Crippen LogP contribution in [0.5, 0.6) is 0 Å². The molecular formula is C62H119NO5. The Hall–Kier alpha value is -1.66. The number of carbonyl (C=O) groups is 2. The van der Waals surface area contributed by atoms with Crippen molar-refractivity contribution < 1.29 is 24.5 Å². The minimum absolute atomic E-state index is 0.00732. The summed E-state index contributed by atoms with van der Waals surface area (Å²) in [5, 5.41) is 23.1. The highest BCUT2D eigenvalue weighted by Gasteiger charge is 2.18. The van der Waals surface area contributed by atoms with Crippen LogP contribution in [0.15, 0.2) is 24.3 Å². The molecule has 0 rings (SSSR count). The Balaban J connectivity index is 3.35. The molecule has 0 aliphatic carbocycles. The molecule has 0 fully saturated rings. The van der Waals surface area contributed by atoms with E-state index in [1.807, 2.05) is 6.08 Å². The predicted octanol–water partition coefficient (Wildman–Crippen LogP) is 19.0. The predicted molar refractivity (Wildman–Crippen MR) is 296 cm³/mol. The lowest BCUT2D eigenvalue weighted by molar-refractivity contribution is -0.143. The van der Waals surface area contributed by atoms with Crippen LogP contribution in [-0.2, 0) is 14.3 Å². The molecule has 402 valence electrons. The van der Waals surface area contributed by atoms with Crippen molar-refractivity contribution in [2.75, 3.05) is 13.2 Å². The van der Waals surface area contributed by atoms with E-state index < -0.39 is 12.1 Å². The molecule has 3 N–H and O–H groups in total. The molecule has 2 atom stereocenters. The van der Waals surface area contributed by atoms with E-state index in [0.717, 1.165) is 44.9 Å². The van der Waals surface area contributed by atoms with Crippen LogP contribution < -0.4 is 5.32 Å². The topological polar surface area (TPSA) is 95.9 Å². The van der Waals surface area contributed by atoms with E-state index in [4.69, 9.17) is 4.74 Å².